The summed E-state index contributed by atoms with van der Waals surface area (Å²) >= 11 is 0. The van der Waals surface area contributed by atoms with Crippen LogP contribution in [0, 0.1) is 0 Å². The van der Waals surface area contributed by atoms with Gasteiger partial charge in [-0.25, -0.2) is 0 Å². The van der Waals surface area contributed by atoms with E-state index in [4.69, 9.17) is 5.11 Å². The minimum atomic E-state index is -0.664. The van der Waals surface area contributed by atoms with Crippen LogP contribution in [0.25, 0.3) is 0 Å². The van der Waals surface area contributed by atoms with Crippen LogP contribution in [0.5, 0.6) is 0 Å². The van der Waals surface area contributed by atoms with Crippen LogP contribution in [-0.2, 0) is 21.3 Å². The zero-order chi connectivity index (χ0) is 14.9. The zero-order valence-electron chi connectivity index (χ0n) is 13.7. The zero-order valence-corrected chi connectivity index (χ0v) is 14.7. The summed E-state index contributed by atoms with van der Waals surface area (Å²) < 4.78 is 0. The topological polar surface area (TPSA) is 37.3 Å². The van der Waals surface area contributed by atoms with Gasteiger partial charge in [-0.15, -0.1) is 0 Å². The number of hydrogen-bond donors (Lipinski definition) is 1. The standard InChI is InChI=1S/C18H34O2.Ni/c1-2-3-4-5-6-7-8-9-10-11-12-13-14-15-16-17-18(19)20;/h9-10H,2-8,11-17H2,1H3,(H,19,20);. The molecule has 2 nitrogen and oxygen atoms in total. The molecule has 0 aliphatic rings. The molecule has 0 aromatic heterocycles. The molecule has 0 aliphatic carbocycles. The van der Waals surface area contributed by atoms with Crippen LogP contribution in [0.15, 0.2) is 12.2 Å². The minimum absolute atomic E-state index is 0. The summed E-state index contributed by atoms with van der Waals surface area (Å²) in [5, 5.41) is 8.51. The Morgan fingerprint density at radius 3 is 1.67 bits per heavy atom. The molecule has 3 heteroatoms. The van der Waals surface area contributed by atoms with Crippen molar-refractivity contribution in [3.05, 3.63) is 12.2 Å². The van der Waals surface area contributed by atoms with Crippen LogP contribution in [0.3, 0.4) is 0 Å². The van der Waals surface area contributed by atoms with Crippen molar-refractivity contribution in [3.63, 3.8) is 0 Å². The number of rotatable bonds is 15. The number of hydrogen-bond acceptors (Lipinski definition) is 1. The Bertz CT molecular complexity index is 239. The molecule has 0 aromatic carbocycles. The molecule has 0 bridgehead atoms. The first-order valence-corrected chi connectivity index (χ1v) is 8.64. The molecule has 0 atom stereocenters. The van der Waals surface area contributed by atoms with Gasteiger partial charge in [-0.05, 0) is 32.1 Å². The summed E-state index contributed by atoms with van der Waals surface area (Å²) in [4.78, 5) is 10.3. The smallest absolute Gasteiger partial charge is 0.303 e. The first kappa shape index (κ1) is 23.0. The Morgan fingerprint density at radius 1 is 0.762 bits per heavy atom. The summed E-state index contributed by atoms with van der Waals surface area (Å²) in [5.41, 5.74) is 0. The molecular formula is C18H34NiO2. The van der Waals surface area contributed by atoms with Gasteiger partial charge in [0.15, 0.2) is 0 Å². The molecule has 0 aliphatic heterocycles. The Balaban J connectivity index is 0. The molecule has 0 aromatic rings. The van der Waals surface area contributed by atoms with Gasteiger partial charge in [-0.2, -0.15) is 0 Å². The molecule has 128 valence electrons. The van der Waals surface area contributed by atoms with Crippen molar-refractivity contribution in [1.82, 2.24) is 0 Å². The Labute approximate surface area is 141 Å². The van der Waals surface area contributed by atoms with Crippen molar-refractivity contribution in [2.24, 2.45) is 0 Å². The van der Waals surface area contributed by atoms with Gasteiger partial charge in [0.25, 0.3) is 0 Å². The van der Waals surface area contributed by atoms with Gasteiger partial charge in [0.05, 0.1) is 0 Å². The molecule has 0 fully saturated rings. The Kier molecular flexibility index (Phi) is 21.6. The fourth-order valence-corrected chi connectivity index (χ4v) is 2.35. The number of carboxylic acid groups (broad SMARTS) is 1. The SMILES string of the molecule is CCCCCCCCC=CCCCCCCCC(=O)O.[Ni]. The second kappa shape index (κ2) is 19.7. The van der Waals surface area contributed by atoms with Crippen LogP contribution >= 0.6 is 0 Å². The molecule has 0 unspecified atom stereocenters. The second-order valence-electron chi connectivity index (χ2n) is 5.73. The van der Waals surface area contributed by atoms with E-state index in [-0.39, 0.29) is 16.5 Å². The van der Waals surface area contributed by atoms with Crippen molar-refractivity contribution in [1.29, 1.82) is 0 Å². The van der Waals surface area contributed by atoms with Gasteiger partial charge in [0.1, 0.15) is 0 Å². The van der Waals surface area contributed by atoms with E-state index in [0.29, 0.717) is 6.42 Å². The summed E-state index contributed by atoms with van der Waals surface area (Å²) in [7, 11) is 0. The van der Waals surface area contributed by atoms with Crippen molar-refractivity contribution >= 4 is 5.97 Å². The normalized spacial score (nSPS) is 10.7. The largest absolute Gasteiger partial charge is 0.481 e. The van der Waals surface area contributed by atoms with E-state index in [1.165, 1.54) is 70.6 Å². The third-order valence-corrected chi connectivity index (χ3v) is 3.65. The van der Waals surface area contributed by atoms with Crippen molar-refractivity contribution in [2.45, 2.75) is 96.8 Å². The van der Waals surface area contributed by atoms with Gasteiger partial charge in [0.2, 0.25) is 0 Å². The number of allylic oxidation sites excluding steroid dienone is 2. The monoisotopic (exact) mass is 340 g/mol. The molecule has 21 heavy (non-hydrogen) atoms. The summed E-state index contributed by atoms with van der Waals surface area (Å²) in [6, 6.07) is 0. The molecular weight excluding hydrogens is 307 g/mol. The maximum Gasteiger partial charge on any atom is 0.303 e. The van der Waals surface area contributed by atoms with Crippen LogP contribution in [0.4, 0.5) is 0 Å². The molecule has 0 saturated heterocycles. The van der Waals surface area contributed by atoms with E-state index in [2.05, 4.69) is 19.1 Å². The maximum absolute atomic E-state index is 10.3. The van der Waals surface area contributed by atoms with Gasteiger partial charge in [-0.3, -0.25) is 4.79 Å². The van der Waals surface area contributed by atoms with Gasteiger partial charge >= 0.3 is 5.97 Å². The summed E-state index contributed by atoms with van der Waals surface area (Å²) in [5.74, 6) is -0.664. The van der Waals surface area contributed by atoms with Crippen molar-refractivity contribution in [2.75, 3.05) is 0 Å². The van der Waals surface area contributed by atoms with Crippen LogP contribution in [-0.4, -0.2) is 11.1 Å². The molecule has 1 N–H and O–H groups in total. The van der Waals surface area contributed by atoms with E-state index >= 15 is 0 Å². The second-order valence-corrected chi connectivity index (χ2v) is 5.73. The molecule has 0 rings (SSSR count). The molecule has 0 amide bonds. The third-order valence-electron chi connectivity index (χ3n) is 3.65. The summed E-state index contributed by atoms with van der Waals surface area (Å²) in [6.45, 7) is 2.26. The van der Waals surface area contributed by atoms with E-state index in [9.17, 15) is 4.79 Å². The first-order valence-electron chi connectivity index (χ1n) is 8.64. The minimum Gasteiger partial charge on any atom is -0.481 e. The van der Waals surface area contributed by atoms with Crippen molar-refractivity contribution < 1.29 is 26.4 Å². The third kappa shape index (κ3) is 22.1. The fraction of sp³-hybridized carbons (Fsp3) is 0.833. The van der Waals surface area contributed by atoms with Gasteiger partial charge in [0, 0.05) is 22.9 Å². The van der Waals surface area contributed by atoms with E-state index < -0.39 is 5.97 Å². The van der Waals surface area contributed by atoms with Crippen LogP contribution in [0.1, 0.15) is 96.8 Å². The average molecular weight is 341 g/mol. The molecule has 0 heterocycles. The van der Waals surface area contributed by atoms with Crippen LogP contribution < -0.4 is 0 Å². The van der Waals surface area contributed by atoms with Gasteiger partial charge in [-0.1, -0.05) is 70.4 Å². The predicted molar refractivity (Wildman–Crippen MR) is 87.1 cm³/mol. The van der Waals surface area contributed by atoms with E-state index in [0.717, 1.165) is 12.8 Å². The molecule has 0 saturated carbocycles. The van der Waals surface area contributed by atoms with Crippen molar-refractivity contribution in [3.8, 4) is 0 Å². The van der Waals surface area contributed by atoms with Crippen LogP contribution in [0.2, 0.25) is 0 Å². The Hall–Kier alpha value is -0.296. The Morgan fingerprint density at radius 2 is 1.19 bits per heavy atom. The number of aliphatic carboxylic acids is 1. The predicted octanol–water partition coefficient (Wildman–Crippen LogP) is 6.11. The van der Waals surface area contributed by atoms with E-state index in [1.807, 2.05) is 0 Å². The first-order chi connectivity index (χ1) is 9.77. The number of carbonyl (C=O) groups is 1. The maximum atomic E-state index is 10.3. The quantitative estimate of drug-likeness (QED) is 0.222. The summed E-state index contributed by atoms with van der Waals surface area (Å²) in [6.07, 6.45) is 21.2. The van der Waals surface area contributed by atoms with Gasteiger partial charge < -0.3 is 5.11 Å². The molecule has 0 spiro atoms. The number of carboxylic acids is 1. The van der Waals surface area contributed by atoms with E-state index in [1.54, 1.807) is 0 Å². The molecule has 0 radical (unpaired) electrons. The fourth-order valence-electron chi connectivity index (χ4n) is 2.35. The number of unbranched alkanes of at least 4 members (excludes halogenated alkanes) is 11. The average Bonchev–Trinajstić information content (AvgIpc) is 2.43.